The summed E-state index contributed by atoms with van der Waals surface area (Å²) in [6, 6.07) is 7.25. The van der Waals surface area contributed by atoms with Crippen molar-refractivity contribution in [2.45, 2.75) is 18.4 Å². The average Bonchev–Trinajstić information content (AvgIpc) is 2.85. The third kappa shape index (κ3) is 4.32. The molecule has 21 heavy (non-hydrogen) atoms. The van der Waals surface area contributed by atoms with E-state index in [2.05, 4.69) is 0 Å². The van der Waals surface area contributed by atoms with Gasteiger partial charge in [0.05, 0.1) is 12.3 Å². The highest BCUT2D eigenvalue weighted by Gasteiger charge is 2.12. The van der Waals surface area contributed by atoms with Crippen molar-refractivity contribution in [2.75, 3.05) is 12.8 Å². The van der Waals surface area contributed by atoms with Crippen LogP contribution in [0.3, 0.4) is 0 Å². The largest absolute Gasteiger partial charge is 0.464 e. The molecule has 2 rings (SSSR count). The highest BCUT2D eigenvalue weighted by molar-refractivity contribution is 8.00. The highest BCUT2D eigenvalue weighted by atomic mass is 32.2. The lowest BCUT2D eigenvalue weighted by Gasteiger charge is -2.15. The van der Waals surface area contributed by atoms with Crippen molar-refractivity contribution in [1.82, 2.24) is 4.90 Å². The van der Waals surface area contributed by atoms with E-state index in [9.17, 15) is 13.6 Å². The minimum atomic E-state index is -0.910. The zero-order valence-corrected chi connectivity index (χ0v) is 12.5. The van der Waals surface area contributed by atoms with E-state index in [1.54, 1.807) is 7.05 Å². The van der Waals surface area contributed by atoms with Crippen molar-refractivity contribution < 1.29 is 18.0 Å². The minimum absolute atomic E-state index is 0.112. The molecule has 0 saturated heterocycles. The van der Waals surface area contributed by atoms with E-state index < -0.39 is 11.6 Å². The Hall–Kier alpha value is -1.82. The van der Waals surface area contributed by atoms with Crippen LogP contribution in [0, 0.1) is 18.6 Å². The number of nitrogens with zero attached hydrogens (tertiary/aromatic N) is 1. The number of carbonyl (C=O) groups excluding carboxylic acids is 1. The van der Waals surface area contributed by atoms with Crippen LogP contribution in [0.2, 0.25) is 0 Å². The molecule has 1 aromatic heterocycles. The quantitative estimate of drug-likeness (QED) is 0.791. The van der Waals surface area contributed by atoms with Gasteiger partial charge in [-0.1, -0.05) is 0 Å². The summed E-state index contributed by atoms with van der Waals surface area (Å²) in [5, 5.41) is 0. The number of furan rings is 1. The second kappa shape index (κ2) is 6.76. The van der Waals surface area contributed by atoms with Crippen molar-refractivity contribution in [3.05, 3.63) is 53.5 Å². The number of thioether (sulfide) groups is 1. The van der Waals surface area contributed by atoms with Crippen LogP contribution in [-0.4, -0.2) is 23.6 Å². The molecule has 0 atom stereocenters. The molecule has 0 bridgehead atoms. The van der Waals surface area contributed by atoms with E-state index in [0.29, 0.717) is 17.2 Å². The molecule has 1 aromatic carbocycles. The van der Waals surface area contributed by atoms with Gasteiger partial charge >= 0.3 is 0 Å². The molecule has 6 heteroatoms. The average molecular weight is 311 g/mol. The van der Waals surface area contributed by atoms with Gasteiger partial charge in [-0.2, -0.15) is 0 Å². The maximum absolute atomic E-state index is 13.1. The van der Waals surface area contributed by atoms with Gasteiger partial charge in [-0.25, -0.2) is 8.78 Å². The Bertz CT molecular complexity index is 642. The summed E-state index contributed by atoms with van der Waals surface area (Å²) >= 11 is 1.17. The summed E-state index contributed by atoms with van der Waals surface area (Å²) in [5.41, 5.74) is 0. The van der Waals surface area contributed by atoms with Gasteiger partial charge in [0.25, 0.3) is 0 Å². The van der Waals surface area contributed by atoms with Crippen molar-refractivity contribution in [3.8, 4) is 0 Å². The zero-order chi connectivity index (χ0) is 15.4. The molecule has 0 radical (unpaired) electrons. The van der Waals surface area contributed by atoms with Crippen LogP contribution < -0.4 is 0 Å². The van der Waals surface area contributed by atoms with Crippen LogP contribution in [0.4, 0.5) is 8.78 Å². The Morgan fingerprint density at radius 3 is 2.62 bits per heavy atom. The standard InChI is InChI=1S/C15H15F2NO2S/c1-10-3-4-11(20-10)8-18(2)15(19)9-21-12-5-6-13(16)14(17)7-12/h3-7H,8-9H2,1-2H3. The maximum atomic E-state index is 13.1. The number of carbonyl (C=O) groups is 1. The Kier molecular flexibility index (Phi) is 5.01. The third-order valence-electron chi connectivity index (χ3n) is 2.87. The van der Waals surface area contributed by atoms with Gasteiger partial charge in [0.15, 0.2) is 11.6 Å². The van der Waals surface area contributed by atoms with Crippen molar-refractivity contribution >= 4 is 17.7 Å². The summed E-state index contributed by atoms with van der Waals surface area (Å²) in [6.45, 7) is 2.22. The molecule has 112 valence electrons. The first-order valence-electron chi connectivity index (χ1n) is 6.33. The summed E-state index contributed by atoms with van der Waals surface area (Å²) in [4.78, 5) is 14.0. The number of hydrogen-bond donors (Lipinski definition) is 0. The molecule has 2 aromatic rings. The van der Waals surface area contributed by atoms with Gasteiger partial charge < -0.3 is 9.32 Å². The molecular formula is C15H15F2NO2S. The second-order valence-electron chi connectivity index (χ2n) is 4.63. The summed E-state index contributed by atoms with van der Waals surface area (Å²) in [5.74, 6) is -0.258. The minimum Gasteiger partial charge on any atom is -0.464 e. The molecule has 3 nitrogen and oxygen atoms in total. The summed E-state index contributed by atoms with van der Waals surface area (Å²) in [7, 11) is 1.67. The first-order valence-corrected chi connectivity index (χ1v) is 7.31. The van der Waals surface area contributed by atoms with Gasteiger partial charge in [-0.05, 0) is 37.3 Å². The summed E-state index contributed by atoms with van der Waals surface area (Å²) in [6.07, 6.45) is 0. The lowest BCUT2D eigenvalue weighted by atomic mass is 10.3. The molecule has 0 unspecified atom stereocenters. The van der Waals surface area contributed by atoms with Crippen LogP contribution in [0.5, 0.6) is 0 Å². The predicted molar refractivity (Wildman–Crippen MR) is 77.0 cm³/mol. The molecule has 0 fully saturated rings. The molecule has 1 amide bonds. The van der Waals surface area contributed by atoms with Crippen LogP contribution in [0.25, 0.3) is 0 Å². The van der Waals surface area contributed by atoms with E-state index in [4.69, 9.17) is 4.42 Å². The Labute approximate surface area is 125 Å². The second-order valence-corrected chi connectivity index (χ2v) is 5.68. The van der Waals surface area contributed by atoms with Gasteiger partial charge in [0, 0.05) is 11.9 Å². The first kappa shape index (κ1) is 15.6. The number of rotatable bonds is 5. The van der Waals surface area contributed by atoms with E-state index >= 15 is 0 Å². The van der Waals surface area contributed by atoms with Crippen LogP contribution in [-0.2, 0) is 11.3 Å². The number of hydrogen-bond acceptors (Lipinski definition) is 3. The van der Waals surface area contributed by atoms with Crippen molar-refractivity contribution in [3.63, 3.8) is 0 Å². The fourth-order valence-corrected chi connectivity index (χ4v) is 2.58. The molecule has 1 heterocycles. The number of benzene rings is 1. The molecule has 0 aliphatic heterocycles. The molecular weight excluding hydrogens is 296 g/mol. The maximum Gasteiger partial charge on any atom is 0.233 e. The van der Waals surface area contributed by atoms with E-state index in [1.807, 2.05) is 19.1 Å². The fourth-order valence-electron chi connectivity index (χ4n) is 1.71. The molecule has 0 spiro atoms. The number of halogens is 2. The van der Waals surface area contributed by atoms with Gasteiger partial charge in [-0.15, -0.1) is 11.8 Å². The summed E-state index contributed by atoms with van der Waals surface area (Å²) < 4.78 is 31.3. The van der Waals surface area contributed by atoms with E-state index in [0.717, 1.165) is 17.9 Å². The van der Waals surface area contributed by atoms with Gasteiger partial charge in [0.1, 0.15) is 11.5 Å². The topological polar surface area (TPSA) is 33.5 Å². The van der Waals surface area contributed by atoms with E-state index in [1.165, 1.54) is 22.7 Å². The zero-order valence-electron chi connectivity index (χ0n) is 11.7. The van der Waals surface area contributed by atoms with Crippen molar-refractivity contribution in [2.24, 2.45) is 0 Å². The van der Waals surface area contributed by atoms with Crippen LogP contribution in [0.15, 0.2) is 39.6 Å². The normalized spacial score (nSPS) is 10.7. The van der Waals surface area contributed by atoms with Crippen LogP contribution in [0.1, 0.15) is 11.5 Å². The molecule has 0 aliphatic rings. The third-order valence-corrected chi connectivity index (χ3v) is 3.85. The molecule has 0 N–H and O–H groups in total. The lowest BCUT2D eigenvalue weighted by Crippen LogP contribution is -2.27. The highest BCUT2D eigenvalue weighted by Crippen LogP contribution is 2.21. The lowest BCUT2D eigenvalue weighted by molar-refractivity contribution is -0.127. The fraction of sp³-hybridized carbons (Fsp3) is 0.267. The first-order chi connectivity index (χ1) is 9.95. The Morgan fingerprint density at radius 1 is 1.24 bits per heavy atom. The Balaban J connectivity index is 1.87. The van der Waals surface area contributed by atoms with E-state index in [-0.39, 0.29) is 11.7 Å². The monoisotopic (exact) mass is 311 g/mol. The smallest absolute Gasteiger partial charge is 0.233 e. The van der Waals surface area contributed by atoms with Crippen LogP contribution >= 0.6 is 11.8 Å². The van der Waals surface area contributed by atoms with Gasteiger partial charge in [-0.3, -0.25) is 4.79 Å². The molecule has 0 aliphatic carbocycles. The van der Waals surface area contributed by atoms with Crippen molar-refractivity contribution in [1.29, 1.82) is 0 Å². The Morgan fingerprint density at radius 2 is 2.00 bits per heavy atom. The SMILES string of the molecule is Cc1ccc(CN(C)C(=O)CSc2ccc(F)c(F)c2)o1. The van der Waals surface area contributed by atoms with Gasteiger partial charge in [0.2, 0.25) is 5.91 Å². The molecule has 0 saturated carbocycles. The predicted octanol–water partition coefficient (Wildman–Crippen LogP) is 3.62. The number of amides is 1. The number of aryl methyl sites for hydroxylation is 1.